The minimum atomic E-state index is -0.384. The highest BCUT2D eigenvalue weighted by Gasteiger charge is 2.27. The first-order chi connectivity index (χ1) is 16.1. The molecule has 0 amide bonds. The third-order valence-electron chi connectivity index (χ3n) is 5.67. The van der Waals surface area contributed by atoms with Crippen molar-refractivity contribution in [3.8, 4) is 0 Å². The van der Waals surface area contributed by atoms with Gasteiger partial charge in [0.15, 0.2) is 0 Å². The van der Waals surface area contributed by atoms with Gasteiger partial charge in [0.05, 0.1) is 3.23 Å². The molecule has 0 spiro atoms. The molecule has 0 radical (unpaired) electrons. The quantitative estimate of drug-likeness (QED) is 0.131. The van der Waals surface area contributed by atoms with Crippen molar-refractivity contribution < 1.29 is 0 Å². The molecule has 0 nitrogen and oxygen atoms in total. The van der Waals surface area contributed by atoms with Gasteiger partial charge in [-0.1, -0.05) is 153 Å². The van der Waals surface area contributed by atoms with Gasteiger partial charge in [-0.15, -0.1) is 0 Å². The zero-order chi connectivity index (χ0) is 22.9. The van der Waals surface area contributed by atoms with Crippen molar-refractivity contribution in [1.29, 1.82) is 0 Å². The summed E-state index contributed by atoms with van der Waals surface area (Å²) in [6.45, 7) is 0. The van der Waals surface area contributed by atoms with E-state index in [-0.39, 0.29) is 19.1 Å². The van der Waals surface area contributed by atoms with Crippen LogP contribution in [0.5, 0.6) is 0 Å². The van der Waals surface area contributed by atoms with Gasteiger partial charge in [-0.05, 0) is 62.2 Å². The molecule has 0 saturated carbocycles. The summed E-state index contributed by atoms with van der Waals surface area (Å²) in [5.41, 5.74) is 0. The largest absolute Gasteiger partial charge is 0.0812 e. The molecule has 0 heterocycles. The highest BCUT2D eigenvalue weighted by molar-refractivity contribution is 9.25. The molecule has 0 N–H and O–H groups in total. The van der Waals surface area contributed by atoms with Crippen molar-refractivity contribution in [2.45, 2.75) is 16.1 Å². The summed E-state index contributed by atoms with van der Waals surface area (Å²) in [5, 5.41) is 5.80. The van der Waals surface area contributed by atoms with Gasteiger partial charge in [0.25, 0.3) is 0 Å². The number of hydrogen-bond acceptors (Lipinski definition) is 0. The number of halogens is 2. The van der Waals surface area contributed by atoms with Crippen molar-refractivity contribution in [2.75, 3.05) is 12.3 Å². The van der Waals surface area contributed by atoms with Gasteiger partial charge in [0, 0.05) is 0 Å². The predicted octanol–water partition coefficient (Wildman–Crippen LogP) is 7.52. The van der Waals surface area contributed by atoms with E-state index in [1.54, 1.807) is 0 Å². The Bertz CT molecular complexity index is 920. The van der Waals surface area contributed by atoms with E-state index in [2.05, 4.69) is 153 Å². The van der Waals surface area contributed by atoms with Crippen molar-refractivity contribution >= 4 is 68.9 Å². The van der Waals surface area contributed by atoms with Gasteiger partial charge >= 0.3 is 0 Å². The summed E-state index contributed by atoms with van der Waals surface area (Å²) < 4.78 is -0.0612. The van der Waals surface area contributed by atoms with E-state index >= 15 is 0 Å². The molecule has 0 atom stereocenters. The molecule has 4 heteroatoms. The Morgan fingerprint density at radius 1 is 0.424 bits per heavy atom. The van der Waals surface area contributed by atoms with Crippen LogP contribution in [0.15, 0.2) is 121 Å². The fourth-order valence-electron chi connectivity index (χ4n) is 3.92. The van der Waals surface area contributed by atoms with Crippen LogP contribution in [0.25, 0.3) is 0 Å². The zero-order valence-electron chi connectivity index (χ0n) is 18.5. The van der Waals surface area contributed by atoms with Gasteiger partial charge < -0.3 is 0 Å². The lowest BCUT2D eigenvalue weighted by Crippen LogP contribution is -2.22. The van der Waals surface area contributed by atoms with Crippen LogP contribution in [0, 0.1) is 0 Å². The maximum atomic E-state index is 4.07. The topological polar surface area (TPSA) is 0 Å². The Morgan fingerprint density at radius 2 is 0.667 bits per heavy atom. The second kappa shape index (κ2) is 12.4. The molecule has 0 aliphatic carbocycles. The molecule has 0 aromatic heterocycles. The molecule has 0 saturated heterocycles. The van der Waals surface area contributed by atoms with Gasteiger partial charge in [0.2, 0.25) is 0 Å². The Balaban J connectivity index is 1.47. The number of alkyl halides is 2. The third kappa shape index (κ3) is 7.34. The Kier molecular flexibility index (Phi) is 9.34. The minimum absolute atomic E-state index is 0.0612. The van der Waals surface area contributed by atoms with Crippen LogP contribution in [0.4, 0.5) is 0 Å². The minimum Gasteiger partial charge on any atom is -0.0727 e. The van der Waals surface area contributed by atoms with Gasteiger partial charge in [-0.2, -0.15) is 0 Å². The molecule has 4 aromatic carbocycles. The fourth-order valence-corrected chi connectivity index (χ4v) is 10.9. The van der Waals surface area contributed by atoms with E-state index in [1.165, 1.54) is 21.2 Å². The van der Waals surface area contributed by atoms with Crippen LogP contribution in [-0.2, 0) is 0 Å². The number of hydrogen-bond donors (Lipinski definition) is 0. The standard InChI is InChI=1S/C29H28Br2P2/c30-29(31,21-23-32(25-13-5-1-6-14-25)26-15-7-2-8-16-26)22-24-33(27-17-9-3-10-18-27)28-19-11-4-12-20-28/h1-20H,21-24H2. The first kappa shape index (κ1) is 24.8. The molecule has 0 aliphatic heterocycles. The maximum absolute atomic E-state index is 4.07. The molecule has 0 unspecified atom stereocenters. The van der Waals surface area contributed by atoms with Crippen LogP contribution < -0.4 is 21.2 Å². The van der Waals surface area contributed by atoms with Crippen LogP contribution in [0.1, 0.15) is 12.8 Å². The lowest BCUT2D eigenvalue weighted by Gasteiger charge is -2.27. The van der Waals surface area contributed by atoms with E-state index < -0.39 is 0 Å². The Labute approximate surface area is 217 Å². The highest BCUT2D eigenvalue weighted by Crippen LogP contribution is 2.45. The summed E-state index contributed by atoms with van der Waals surface area (Å²) in [5.74, 6) is 0. The number of rotatable bonds is 10. The van der Waals surface area contributed by atoms with Crippen molar-refractivity contribution in [2.24, 2.45) is 0 Å². The lowest BCUT2D eigenvalue weighted by atomic mass is 10.3. The average Bonchev–Trinajstić information content (AvgIpc) is 2.87. The van der Waals surface area contributed by atoms with E-state index in [1.807, 2.05) is 0 Å². The van der Waals surface area contributed by atoms with Gasteiger partial charge in [-0.3, -0.25) is 0 Å². The SMILES string of the molecule is BrC(Br)(CCP(c1ccccc1)c1ccccc1)CCP(c1ccccc1)c1ccccc1. The first-order valence-electron chi connectivity index (χ1n) is 11.3. The van der Waals surface area contributed by atoms with Gasteiger partial charge in [-0.25, -0.2) is 0 Å². The first-order valence-corrected chi connectivity index (χ1v) is 15.9. The van der Waals surface area contributed by atoms with Gasteiger partial charge in [0.1, 0.15) is 0 Å². The normalized spacial score (nSPS) is 11.8. The summed E-state index contributed by atoms with van der Waals surface area (Å²) >= 11 is 8.13. The Morgan fingerprint density at radius 3 is 0.909 bits per heavy atom. The van der Waals surface area contributed by atoms with Crippen LogP contribution in [0.3, 0.4) is 0 Å². The fraction of sp³-hybridized carbons (Fsp3) is 0.172. The van der Waals surface area contributed by atoms with E-state index in [0.717, 1.165) is 25.2 Å². The molecule has 0 bridgehead atoms. The molecule has 0 fully saturated rings. The van der Waals surface area contributed by atoms with E-state index in [4.69, 9.17) is 0 Å². The molecule has 0 aliphatic rings. The average molecular weight is 598 g/mol. The summed E-state index contributed by atoms with van der Waals surface area (Å²) in [4.78, 5) is 0. The molecule has 4 rings (SSSR count). The monoisotopic (exact) mass is 596 g/mol. The molecule has 168 valence electrons. The van der Waals surface area contributed by atoms with Crippen molar-refractivity contribution in [3.05, 3.63) is 121 Å². The highest BCUT2D eigenvalue weighted by atomic mass is 79.9. The predicted molar refractivity (Wildman–Crippen MR) is 158 cm³/mol. The maximum Gasteiger partial charge on any atom is 0.0812 e. The van der Waals surface area contributed by atoms with Crippen molar-refractivity contribution in [1.82, 2.24) is 0 Å². The van der Waals surface area contributed by atoms with E-state index in [9.17, 15) is 0 Å². The second-order valence-electron chi connectivity index (χ2n) is 8.00. The Hall–Kier alpha value is -1.30. The summed E-state index contributed by atoms with van der Waals surface area (Å²) in [7, 11) is -0.767. The number of benzene rings is 4. The molecule has 33 heavy (non-hydrogen) atoms. The molecule has 4 aromatic rings. The van der Waals surface area contributed by atoms with Crippen LogP contribution in [-0.4, -0.2) is 15.6 Å². The summed E-state index contributed by atoms with van der Waals surface area (Å²) in [6, 6.07) is 44.0. The molecular weight excluding hydrogens is 570 g/mol. The zero-order valence-corrected chi connectivity index (χ0v) is 23.5. The third-order valence-corrected chi connectivity index (χ3v) is 12.3. The van der Waals surface area contributed by atoms with Crippen LogP contribution in [0.2, 0.25) is 0 Å². The van der Waals surface area contributed by atoms with E-state index in [0.29, 0.717) is 0 Å². The second-order valence-corrected chi connectivity index (χ2v) is 16.8. The molecular formula is C29H28Br2P2. The lowest BCUT2D eigenvalue weighted by molar-refractivity contribution is 0.776. The summed E-state index contributed by atoms with van der Waals surface area (Å²) in [6.07, 6.45) is 4.45. The smallest absolute Gasteiger partial charge is 0.0727 e. The van der Waals surface area contributed by atoms with Crippen LogP contribution >= 0.6 is 47.7 Å². The van der Waals surface area contributed by atoms with Crippen molar-refractivity contribution in [3.63, 3.8) is 0 Å².